The third-order valence-electron chi connectivity index (χ3n) is 6.14. The van der Waals surface area contributed by atoms with Gasteiger partial charge in [-0.05, 0) is 34.5 Å². The van der Waals surface area contributed by atoms with Crippen LogP contribution in [0, 0.1) is 28.1 Å². The third kappa shape index (κ3) is 0.761. The van der Waals surface area contributed by atoms with Crippen LogP contribution in [-0.2, 0) is 0 Å². The van der Waals surface area contributed by atoms with E-state index in [0.717, 1.165) is 11.8 Å². The van der Waals surface area contributed by atoms with Crippen molar-refractivity contribution in [1.29, 1.82) is 0 Å². The van der Waals surface area contributed by atoms with Crippen LogP contribution >= 0.6 is 0 Å². The molecule has 2 rings (SSSR count). The molecule has 4 unspecified atom stereocenters. The number of hydrogen-bond acceptors (Lipinski definition) is 0. The van der Waals surface area contributed by atoms with Crippen molar-refractivity contribution < 1.29 is 0 Å². The van der Waals surface area contributed by atoms with Gasteiger partial charge in [-0.3, -0.25) is 0 Å². The number of fused-ring (bicyclic) bond motifs is 1. The molecule has 78 valence electrons. The molecular formula is C13H23B. The molecule has 4 atom stereocenters. The van der Waals surface area contributed by atoms with Crippen molar-refractivity contribution in [2.75, 3.05) is 0 Å². The highest BCUT2D eigenvalue weighted by Gasteiger charge is 2.79. The molecule has 0 aromatic carbocycles. The summed E-state index contributed by atoms with van der Waals surface area (Å²) in [6.45, 7) is 14.3. The lowest BCUT2D eigenvalue weighted by Crippen LogP contribution is -2.31. The Hall–Kier alpha value is 0.0649. The predicted octanol–water partition coefficient (Wildman–Crippen LogP) is 3.67. The van der Waals surface area contributed by atoms with Crippen LogP contribution in [0.25, 0.3) is 0 Å². The van der Waals surface area contributed by atoms with Gasteiger partial charge in [-0.15, -0.1) is 0 Å². The lowest BCUT2D eigenvalue weighted by atomic mass is 9.59. The number of rotatable bonds is 1. The van der Waals surface area contributed by atoms with E-state index in [9.17, 15) is 0 Å². The Morgan fingerprint density at radius 3 is 1.93 bits per heavy atom. The fraction of sp³-hybridized carbons (Fsp3) is 1.00. The van der Waals surface area contributed by atoms with E-state index in [4.69, 9.17) is 7.85 Å². The van der Waals surface area contributed by atoms with Crippen LogP contribution in [0.2, 0.25) is 5.82 Å². The van der Waals surface area contributed by atoms with Gasteiger partial charge in [0.25, 0.3) is 0 Å². The first-order chi connectivity index (χ1) is 6.24. The van der Waals surface area contributed by atoms with E-state index in [0.29, 0.717) is 22.1 Å². The van der Waals surface area contributed by atoms with Gasteiger partial charge in [0.05, 0.1) is 7.85 Å². The first kappa shape index (κ1) is 10.6. The zero-order valence-electron chi connectivity index (χ0n) is 10.5. The van der Waals surface area contributed by atoms with E-state index in [-0.39, 0.29) is 0 Å². The summed E-state index contributed by atoms with van der Waals surface area (Å²) in [6.07, 6.45) is 1.29. The fourth-order valence-electron chi connectivity index (χ4n) is 4.89. The normalized spacial score (nSPS) is 52.9. The summed E-state index contributed by atoms with van der Waals surface area (Å²) < 4.78 is 0. The lowest BCUT2D eigenvalue weighted by Gasteiger charge is -2.39. The molecule has 2 saturated carbocycles. The second-order valence-corrected chi connectivity index (χ2v) is 6.66. The first-order valence-electron chi connectivity index (χ1n) is 6.00. The van der Waals surface area contributed by atoms with Crippen molar-refractivity contribution in [3.63, 3.8) is 0 Å². The molecule has 1 heteroatoms. The molecule has 0 amide bonds. The molecule has 2 fully saturated rings. The average molecular weight is 190 g/mol. The molecule has 2 radical (unpaired) electrons. The predicted molar refractivity (Wildman–Crippen MR) is 62.4 cm³/mol. The molecule has 0 aromatic heterocycles. The van der Waals surface area contributed by atoms with Crippen molar-refractivity contribution in [3.05, 3.63) is 0 Å². The van der Waals surface area contributed by atoms with Crippen molar-refractivity contribution in [1.82, 2.24) is 0 Å². The van der Waals surface area contributed by atoms with E-state index < -0.39 is 0 Å². The summed E-state index contributed by atoms with van der Waals surface area (Å²) in [5, 5.41) is 0. The van der Waals surface area contributed by atoms with Crippen molar-refractivity contribution in [3.8, 4) is 0 Å². The Bertz CT molecular complexity index is 262. The van der Waals surface area contributed by atoms with Crippen LogP contribution in [0.15, 0.2) is 0 Å². The summed E-state index contributed by atoms with van der Waals surface area (Å²) in [6, 6.07) is 0. The van der Waals surface area contributed by atoms with Gasteiger partial charge < -0.3 is 0 Å². The maximum Gasteiger partial charge on any atom is 0.0711 e. The zero-order valence-corrected chi connectivity index (χ0v) is 10.5. The summed E-state index contributed by atoms with van der Waals surface area (Å²) in [5.74, 6) is 1.91. The summed E-state index contributed by atoms with van der Waals surface area (Å²) in [5.41, 5.74) is 1.35. The highest BCUT2D eigenvalue weighted by molar-refractivity contribution is 6.13. The van der Waals surface area contributed by atoms with Gasteiger partial charge in [-0.25, -0.2) is 0 Å². The maximum absolute atomic E-state index is 6.42. The second kappa shape index (κ2) is 2.41. The van der Waals surface area contributed by atoms with Gasteiger partial charge in [0.2, 0.25) is 0 Å². The van der Waals surface area contributed by atoms with Crippen LogP contribution in [0.1, 0.15) is 48.0 Å². The zero-order chi connectivity index (χ0) is 10.9. The molecule has 0 heterocycles. The molecule has 0 nitrogen and oxygen atoms in total. The van der Waals surface area contributed by atoms with Gasteiger partial charge in [0.1, 0.15) is 0 Å². The highest BCUT2D eigenvalue weighted by Crippen LogP contribution is 2.86. The summed E-state index contributed by atoms with van der Waals surface area (Å²) in [7, 11) is 6.42. The van der Waals surface area contributed by atoms with E-state index in [1.807, 2.05) is 0 Å². The molecule has 2 aliphatic carbocycles. The second-order valence-electron chi connectivity index (χ2n) is 6.66. The molecule has 0 saturated heterocycles. The molecule has 0 spiro atoms. The molecule has 2 aliphatic rings. The molecular weight excluding hydrogens is 167 g/mol. The monoisotopic (exact) mass is 190 g/mol. The van der Waals surface area contributed by atoms with Crippen LogP contribution in [-0.4, -0.2) is 7.85 Å². The van der Waals surface area contributed by atoms with Gasteiger partial charge >= 0.3 is 0 Å². The van der Waals surface area contributed by atoms with Gasteiger partial charge in [0.15, 0.2) is 0 Å². The molecule has 0 bridgehead atoms. The largest absolute Gasteiger partial charge is 0.0711 e. The fourth-order valence-corrected chi connectivity index (χ4v) is 4.89. The third-order valence-corrected chi connectivity index (χ3v) is 6.14. The quantitative estimate of drug-likeness (QED) is 0.553. The minimum Gasteiger partial charge on any atom is -0.0682 e. The Labute approximate surface area is 90.3 Å². The molecule has 0 N–H and O–H groups in total. The summed E-state index contributed by atoms with van der Waals surface area (Å²) >= 11 is 0. The Morgan fingerprint density at radius 1 is 1.14 bits per heavy atom. The van der Waals surface area contributed by atoms with Crippen LogP contribution in [0.3, 0.4) is 0 Å². The van der Waals surface area contributed by atoms with Crippen LogP contribution < -0.4 is 0 Å². The van der Waals surface area contributed by atoms with Gasteiger partial charge in [-0.2, -0.15) is 0 Å². The van der Waals surface area contributed by atoms with Crippen LogP contribution in [0.4, 0.5) is 0 Å². The topological polar surface area (TPSA) is 0 Å². The van der Waals surface area contributed by atoms with Gasteiger partial charge in [-0.1, -0.05) is 47.4 Å². The first-order valence-corrected chi connectivity index (χ1v) is 6.00. The van der Waals surface area contributed by atoms with Crippen molar-refractivity contribution in [2.45, 2.75) is 53.8 Å². The highest BCUT2D eigenvalue weighted by atomic mass is 14.8. The Morgan fingerprint density at radius 2 is 1.64 bits per heavy atom. The van der Waals surface area contributed by atoms with Crippen molar-refractivity contribution in [2.24, 2.45) is 28.1 Å². The van der Waals surface area contributed by atoms with Crippen molar-refractivity contribution >= 4 is 7.85 Å². The standard InChI is InChI=1S/C13H23B/c1-7-13-8(2)11(3,4)10(14)9(13)12(13,5)6/h8-10H,7H2,1-6H3. The summed E-state index contributed by atoms with van der Waals surface area (Å²) in [4.78, 5) is 0. The molecule has 0 aliphatic heterocycles. The molecule has 14 heavy (non-hydrogen) atoms. The minimum absolute atomic E-state index is 0.330. The average Bonchev–Trinajstić information content (AvgIpc) is 2.53. The van der Waals surface area contributed by atoms with E-state index >= 15 is 0 Å². The molecule has 0 aromatic rings. The Balaban J connectivity index is 2.42. The van der Waals surface area contributed by atoms with E-state index in [1.165, 1.54) is 6.42 Å². The van der Waals surface area contributed by atoms with E-state index in [1.54, 1.807) is 0 Å². The van der Waals surface area contributed by atoms with Crippen LogP contribution in [0.5, 0.6) is 0 Å². The number of hydrogen-bond donors (Lipinski definition) is 0. The van der Waals surface area contributed by atoms with Gasteiger partial charge in [0, 0.05) is 0 Å². The minimum atomic E-state index is 0.330. The Kier molecular flexibility index (Phi) is 1.82. The van der Waals surface area contributed by atoms with E-state index in [2.05, 4.69) is 41.5 Å². The SMILES string of the molecule is [B]C1C2C(C)(C)C2(CC)C(C)C1(C)C. The maximum atomic E-state index is 6.42. The smallest absolute Gasteiger partial charge is 0.0682 e. The lowest BCUT2D eigenvalue weighted by molar-refractivity contribution is 0.132.